The standard InChI is InChI=1S/C19H26N2O3/c1-23-15-5-2-4-13(12-15)18-16(9-10-21(18)14-7-8-14)20-19(22)17-6-3-11-24-17/h2,4-5,12,14,16-18H,3,6-11H2,1H3,(H,20,22)/t16-,17+,18-/m1/s1. The van der Waals surface area contributed by atoms with E-state index in [1.54, 1.807) is 7.11 Å². The van der Waals surface area contributed by atoms with E-state index in [-0.39, 0.29) is 24.1 Å². The van der Waals surface area contributed by atoms with Gasteiger partial charge in [0.15, 0.2) is 0 Å². The second kappa shape index (κ2) is 6.73. The lowest BCUT2D eigenvalue weighted by Crippen LogP contribution is -2.44. The van der Waals surface area contributed by atoms with Gasteiger partial charge in [0.1, 0.15) is 11.9 Å². The van der Waals surface area contributed by atoms with Gasteiger partial charge in [0, 0.05) is 25.2 Å². The molecule has 3 aliphatic rings. The number of ether oxygens (including phenoxy) is 2. The zero-order chi connectivity index (χ0) is 16.5. The molecule has 2 aliphatic heterocycles. The van der Waals surface area contributed by atoms with Crippen molar-refractivity contribution in [2.45, 2.75) is 56.3 Å². The smallest absolute Gasteiger partial charge is 0.249 e. The Morgan fingerprint density at radius 2 is 2.17 bits per heavy atom. The van der Waals surface area contributed by atoms with Crippen molar-refractivity contribution < 1.29 is 14.3 Å². The van der Waals surface area contributed by atoms with Crippen LogP contribution in [0.4, 0.5) is 0 Å². The van der Waals surface area contributed by atoms with Crippen LogP contribution in [0.2, 0.25) is 0 Å². The molecule has 1 N–H and O–H groups in total. The minimum atomic E-state index is -0.258. The Kier molecular flexibility index (Phi) is 4.46. The first kappa shape index (κ1) is 15.9. The normalized spacial score (nSPS) is 30.5. The molecule has 3 fully saturated rings. The van der Waals surface area contributed by atoms with Crippen LogP contribution in [0.25, 0.3) is 0 Å². The van der Waals surface area contributed by atoms with Gasteiger partial charge >= 0.3 is 0 Å². The number of benzene rings is 1. The maximum absolute atomic E-state index is 12.5. The van der Waals surface area contributed by atoms with Crippen LogP contribution < -0.4 is 10.1 Å². The van der Waals surface area contributed by atoms with Crippen LogP contribution in [0.1, 0.15) is 43.7 Å². The van der Waals surface area contributed by atoms with Crippen molar-refractivity contribution in [3.8, 4) is 5.75 Å². The third-order valence-corrected chi connectivity index (χ3v) is 5.44. The molecule has 1 aromatic rings. The van der Waals surface area contributed by atoms with Gasteiger partial charge in [-0.15, -0.1) is 0 Å². The summed E-state index contributed by atoms with van der Waals surface area (Å²) in [5.74, 6) is 0.933. The van der Waals surface area contributed by atoms with Crippen molar-refractivity contribution in [1.29, 1.82) is 0 Å². The van der Waals surface area contributed by atoms with Gasteiger partial charge < -0.3 is 14.8 Å². The lowest BCUT2D eigenvalue weighted by Gasteiger charge is -2.30. The monoisotopic (exact) mass is 330 g/mol. The summed E-state index contributed by atoms with van der Waals surface area (Å²) in [5, 5.41) is 3.27. The largest absolute Gasteiger partial charge is 0.497 e. The minimum Gasteiger partial charge on any atom is -0.497 e. The number of nitrogens with zero attached hydrogens (tertiary/aromatic N) is 1. The Bertz CT molecular complexity index is 596. The van der Waals surface area contributed by atoms with Gasteiger partial charge in [0.05, 0.1) is 13.2 Å². The van der Waals surface area contributed by atoms with Gasteiger partial charge in [-0.3, -0.25) is 9.69 Å². The Hall–Kier alpha value is -1.59. The summed E-state index contributed by atoms with van der Waals surface area (Å²) in [6.45, 7) is 1.75. The molecular formula is C19H26N2O3. The molecule has 0 bridgehead atoms. The molecule has 5 nitrogen and oxygen atoms in total. The number of hydrogen-bond donors (Lipinski definition) is 1. The van der Waals surface area contributed by atoms with Crippen molar-refractivity contribution in [3.05, 3.63) is 29.8 Å². The van der Waals surface area contributed by atoms with E-state index in [9.17, 15) is 4.79 Å². The van der Waals surface area contributed by atoms with Crippen molar-refractivity contribution in [2.75, 3.05) is 20.3 Å². The predicted octanol–water partition coefficient (Wildman–Crippen LogP) is 2.27. The van der Waals surface area contributed by atoms with E-state index in [0.717, 1.165) is 31.6 Å². The van der Waals surface area contributed by atoms with Crippen LogP contribution in [0.15, 0.2) is 24.3 Å². The van der Waals surface area contributed by atoms with Crippen molar-refractivity contribution in [2.24, 2.45) is 0 Å². The number of amides is 1. The summed E-state index contributed by atoms with van der Waals surface area (Å²) in [6.07, 6.45) is 5.10. The second-order valence-corrected chi connectivity index (χ2v) is 7.10. The molecule has 0 unspecified atom stereocenters. The molecule has 0 radical (unpaired) electrons. The van der Waals surface area contributed by atoms with Gasteiger partial charge in [-0.25, -0.2) is 0 Å². The molecule has 1 aliphatic carbocycles. The van der Waals surface area contributed by atoms with Crippen LogP contribution in [0.5, 0.6) is 5.75 Å². The van der Waals surface area contributed by atoms with Crippen LogP contribution in [-0.2, 0) is 9.53 Å². The number of methoxy groups -OCH3 is 1. The van der Waals surface area contributed by atoms with Crippen molar-refractivity contribution >= 4 is 5.91 Å². The summed E-state index contributed by atoms with van der Waals surface area (Å²) in [4.78, 5) is 15.1. The highest BCUT2D eigenvalue weighted by Gasteiger charge is 2.43. The topological polar surface area (TPSA) is 50.8 Å². The van der Waals surface area contributed by atoms with Gasteiger partial charge in [-0.05, 0) is 49.8 Å². The Morgan fingerprint density at radius 1 is 1.29 bits per heavy atom. The molecular weight excluding hydrogens is 304 g/mol. The Balaban J connectivity index is 1.54. The summed E-state index contributed by atoms with van der Waals surface area (Å²) in [5.41, 5.74) is 1.23. The molecule has 1 aromatic carbocycles. The van der Waals surface area contributed by atoms with Crippen molar-refractivity contribution in [1.82, 2.24) is 10.2 Å². The average molecular weight is 330 g/mol. The Labute approximate surface area is 143 Å². The summed E-state index contributed by atoms with van der Waals surface area (Å²) >= 11 is 0. The average Bonchev–Trinajstić information content (AvgIpc) is 3.14. The van der Waals surface area contributed by atoms with E-state index < -0.39 is 0 Å². The molecule has 2 heterocycles. The minimum absolute atomic E-state index is 0.0584. The molecule has 3 atom stereocenters. The number of nitrogens with one attached hydrogen (secondary N) is 1. The third kappa shape index (κ3) is 3.15. The third-order valence-electron chi connectivity index (χ3n) is 5.44. The fourth-order valence-corrected chi connectivity index (χ4v) is 4.09. The number of rotatable bonds is 5. The summed E-state index contributed by atoms with van der Waals surface area (Å²) < 4.78 is 10.9. The number of carbonyl (C=O) groups excluding carboxylic acids is 1. The quantitative estimate of drug-likeness (QED) is 0.900. The molecule has 2 saturated heterocycles. The van der Waals surface area contributed by atoms with Crippen LogP contribution in [0, 0.1) is 0 Å². The van der Waals surface area contributed by atoms with E-state index in [4.69, 9.17) is 9.47 Å². The maximum Gasteiger partial charge on any atom is 0.249 e. The van der Waals surface area contributed by atoms with Crippen LogP contribution in [-0.4, -0.2) is 49.3 Å². The molecule has 1 saturated carbocycles. The molecule has 4 rings (SSSR count). The first-order valence-electron chi connectivity index (χ1n) is 9.08. The SMILES string of the molecule is COc1cccc([C@@H]2[C@H](NC(=O)[C@@H]3CCCO3)CCN2C2CC2)c1. The molecule has 0 aromatic heterocycles. The molecule has 130 valence electrons. The summed E-state index contributed by atoms with van der Waals surface area (Å²) in [6, 6.07) is 9.32. The van der Waals surface area contributed by atoms with Gasteiger partial charge in [0.25, 0.3) is 0 Å². The van der Waals surface area contributed by atoms with E-state index in [2.05, 4.69) is 22.3 Å². The number of carbonyl (C=O) groups is 1. The van der Waals surface area contributed by atoms with Crippen LogP contribution >= 0.6 is 0 Å². The predicted molar refractivity (Wildman–Crippen MR) is 91.0 cm³/mol. The number of hydrogen-bond acceptors (Lipinski definition) is 4. The first-order chi connectivity index (χ1) is 11.8. The zero-order valence-electron chi connectivity index (χ0n) is 14.2. The van der Waals surface area contributed by atoms with E-state index in [1.807, 2.05) is 12.1 Å². The summed E-state index contributed by atoms with van der Waals surface area (Å²) in [7, 11) is 1.70. The fraction of sp³-hybridized carbons (Fsp3) is 0.632. The first-order valence-corrected chi connectivity index (χ1v) is 9.08. The highest BCUT2D eigenvalue weighted by atomic mass is 16.5. The molecule has 1 amide bonds. The maximum atomic E-state index is 12.5. The van der Waals surface area contributed by atoms with Crippen molar-refractivity contribution in [3.63, 3.8) is 0 Å². The molecule has 5 heteroatoms. The highest BCUT2D eigenvalue weighted by Crippen LogP contribution is 2.41. The van der Waals surface area contributed by atoms with Gasteiger partial charge in [-0.2, -0.15) is 0 Å². The van der Waals surface area contributed by atoms with Gasteiger partial charge in [-0.1, -0.05) is 12.1 Å². The fourth-order valence-electron chi connectivity index (χ4n) is 4.09. The molecule has 0 spiro atoms. The van der Waals surface area contributed by atoms with E-state index >= 15 is 0 Å². The number of likely N-dealkylation sites (tertiary alicyclic amines) is 1. The second-order valence-electron chi connectivity index (χ2n) is 7.10. The van der Waals surface area contributed by atoms with E-state index in [1.165, 1.54) is 18.4 Å². The molecule has 24 heavy (non-hydrogen) atoms. The Morgan fingerprint density at radius 3 is 2.88 bits per heavy atom. The highest BCUT2D eigenvalue weighted by molar-refractivity contribution is 5.81. The lowest BCUT2D eigenvalue weighted by atomic mass is 9.99. The lowest BCUT2D eigenvalue weighted by molar-refractivity contribution is -0.131. The van der Waals surface area contributed by atoms with Gasteiger partial charge in [0.2, 0.25) is 5.91 Å². The zero-order valence-corrected chi connectivity index (χ0v) is 14.2. The van der Waals surface area contributed by atoms with Crippen LogP contribution in [0.3, 0.4) is 0 Å². The van der Waals surface area contributed by atoms with E-state index in [0.29, 0.717) is 12.6 Å².